The first kappa shape index (κ1) is 10.0. The van der Waals surface area contributed by atoms with Crippen LogP contribution in [0.2, 0.25) is 0 Å². The first-order valence-corrected chi connectivity index (χ1v) is 5.30. The summed E-state index contributed by atoms with van der Waals surface area (Å²) in [5.41, 5.74) is 3.36. The molecule has 1 aliphatic carbocycles. The average molecular weight is 200 g/mol. The van der Waals surface area contributed by atoms with Crippen LogP contribution in [0.4, 0.5) is 5.69 Å². The van der Waals surface area contributed by atoms with Crippen molar-refractivity contribution in [3.8, 4) is 6.07 Å². The number of benzene rings is 1. The lowest BCUT2D eigenvalue weighted by atomic mass is 10.1. The van der Waals surface area contributed by atoms with E-state index >= 15 is 0 Å². The van der Waals surface area contributed by atoms with Crippen LogP contribution in [0.1, 0.15) is 31.4 Å². The lowest BCUT2D eigenvalue weighted by Gasteiger charge is -2.09. The highest BCUT2D eigenvalue weighted by Gasteiger charge is 2.45. The van der Waals surface area contributed by atoms with Gasteiger partial charge in [-0.3, -0.25) is 0 Å². The van der Waals surface area contributed by atoms with Crippen LogP contribution in [0.3, 0.4) is 0 Å². The molecule has 0 radical (unpaired) electrons. The molecule has 0 heterocycles. The highest BCUT2D eigenvalue weighted by Crippen LogP contribution is 2.46. The molecule has 2 rings (SSSR count). The summed E-state index contributed by atoms with van der Waals surface area (Å²) < 4.78 is 0. The minimum Gasteiger partial charge on any atom is -0.382 e. The van der Waals surface area contributed by atoms with Crippen molar-refractivity contribution in [3.63, 3.8) is 0 Å². The maximum absolute atomic E-state index is 8.82. The molecule has 1 fully saturated rings. The molecule has 1 aliphatic rings. The van der Waals surface area contributed by atoms with Gasteiger partial charge in [0, 0.05) is 11.7 Å². The number of nitriles is 1. The van der Waals surface area contributed by atoms with Gasteiger partial charge in [-0.25, -0.2) is 0 Å². The standard InChI is InChI=1S/C13H16N2/c1-9-6-11(5-4-10(9)8-14)15-12-7-13(12,2)3/h4-6,12,15H,7H2,1-3H3. The van der Waals surface area contributed by atoms with E-state index in [2.05, 4.69) is 25.2 Å². The maximum atomic E-state index is 8.82. The Bertz CT molecular complexity index is 427. The number of aryl methyl sites for hydroxylation is 1. The molecule has 0 amide bonds. The Morgan fingerprint density at radius 1 is 1.47 bits per heavy atom. The van der Waals surface area contributed by atoms with Crippen LogP contribution in [0, 0.1) is 23.7 Å². The third-order valence-electron chi connectivity index (χ3n) is 3.20. The summed E-state index contributed by atoms with van der Waals surface area (Å²) in [5.74, 6) is 0. The van der Waals surface area contributed by atoms with Crippen LogP contribution in [0.5, 0.6) is 0 Å². The first-order valence-electron chi connectivity index (χ1n) is 5.30. The monoisotopic (exact) mass is 200 g/mol. The van der Waals surface area contributed by atoms with E-state index in [0.717, 1.165) is 16.8 Å². The molecule has 1 atom stereocenters. The summed E-state index contributed by atoms with van der Waals surface area (Å²) in [7, 11) is 0. The molecule has 0 aliphatic heterocycles. The van der Waals surface area contributed by atoms with Crippen molar-refractivity contribution in [3.05, 3.63) is 29.3 Å². The van der Waals surface area contributed by atoms with Crippen LogP contribution in [-0.4, -0.2) is 6.04 Å². The van der Waals surface area contributed by atoms with Gasteiger partial charge in [-0.1, -0.05) is 13.8 Å². The summed E-state index contributed by atoms with van der Waals surface area (Å²) in [6.07, 6.45) is 1.23. The van der Waals surface area contributed by atoms with Gasteiger partial charge in [0.1, 0.15) is 0 Å². The SMILES string of the molecule is Cc1cc(NC2CC2(C)C)ccc1C#N. The number of hydrogen-bond acceptors (Lipinski definition) is 2. The van der Waals surface area contributed by atoms with E-state index in [1.807, 2.05) is 25.1 Å². The predicted octanol–water partition coefficient (Wildman–Crippen LogP) is 3.08. The fourth-order valence-electron chi connectivity index (χ4n) is 1.79. The highest BCUT2D eigenvalue weighted by atomic mass is 15.0. The van der Waals surface area contributed by atoms with Crippen molar-refractivity contribution in [1.29, 1.82) is 5.26 Å². The van der Waals surface area contributed by atoms with Gasteiger partial charge in [-0.2, -0.15) is 5.26 Å². The van der Waals surface area contributed by atoms with Gasteiger partial charge < -0.3 is 5.32 Å². The molecule has 1 saturated carbocycles. The van der Waals surface area contributed by atoms with E-state index in [9.17, 15) is 0 Å². The summed E-state index contributed by atoms with van der Waals surface area (Å²) in [6, 6.07) is 8.68. The molecule has 0 spiro atoms. The fraction of sp³-hybridized carbons (Fsp3) is 0.462. The summed E-state index contributed by atoms with van der Waals surface area (Å²) in [5, 5.41) is 12.3. The quantitative estimate of drug-likeness (QED) is 0.796. The number of nitrogens with one attached hydrogen (secondary N) is 1. The first-order chi connectivity index (χ1) is 7.03. The molecule has 1 aromatic rings. The van der Waals surface area contributed by atoms with E-state index < -0.39 is 0 Å². The van der Waals surface area contributed by atoms with Crippen LogP contribution in [0.15, 0.2) is 18.2 Å². The molecular weight excluding hydrogens is 184 g/mol. The molecule has 0 saturated heterocycles. The molecule has 0 bridgehead atoms. The minimum atomic E-state index is 0.432. The van der Waals surface area contributed by atoms with Crippen LogP contribution in [0.25, 0.3) is 0 Å². The van der Waals surface area contributed by atoms with Gasteiger partial charge in [0.2, 0.25) is 0 Å². The van der Waals surface area contributed by atoms with Crippen LogP contribution >= 0.6 is 0 Å². The normalized spacial score (nSPS) is 21.9. The minimum absolute atomic E-state index is 0.432. The van der Waals surface area contributed by atoms with Crippen molar-refractivity contribution in [2.24, 2.45) is 5.41 Å². The molecule has 15 heavy (non-hydrogen) atoms. The Balaban J connectivity index is 2.12. The predicted molar refractivity (Wildman–Crippen MR) is 61.7 cm³/mol. The Labute approximate surface area is 90.9 Å². The molecular formula is C13H16N2. The van der Waals surface area contributed by atoms with Crippen molar-refractivity contribution in [1.82, 2.24) is 0 Å². The molecule has 1 N–H and O–H groups in total. The zero-order chi connectivity index (χ0) is 11.1. The van der Waals surface area contributed by atoms with Crippen molar-refractivity contribution < 1.29 is 0 Å². The zero-order valence-electron chi connectivity index (χ0n) is 9.46. The molecule has 0 aromatic heterocycles. The molecule has 1 unspecified atom stereocenters. The van der Waals surface area contributed by atoms with Gasteiger partial charge in [-0.15, -0.1) is 0 Å². The highest BCUT2D eigenvalue weighted by molar-refractivity contribution is 5.53. The Kier molecular flexibility index (Phi) is 2.19. The van der Waals surface area contributed by atoms with Crippen molar-refractivity contribution in [2.45, 2.75) is 33.2 Å². The third kappa shape index (κ3) is 1.97. The fourth-order valence-corrected chi connectivity index (χ4v) is 1.79. The van der Waals surface area contributed by atoms with E-state index in [1.54, 1.807) is 0 Å². The van der Waals surface area contributed by atoms with Crippen molar-refractivity contribution in [2.75, 3.05) is 5.32 Å². The van der Waals surface area contributed by atoms with Crippen LogP contribution in [-0.2, 0) is 0 Å². The number of hydrogen-bond donors (Lipinski definition) is 1. The number of anilines is 1. The van der Waals surface area contributed by atoms with Gasteiger partial charge >= 0.3 is 0 Å². The maximum Gasteiger partial charge on any atom is 0.0994 e. The smallest absolute Gasteiger partial charge is 0.0994 e. The van der Waals surface area contributed by atoms with Crippen LogP contribution < -0.4 is 5.32 Å². The molecule has 78 valence electrons. The molecule has 2 nitrogen and oxygen atoms in total. The van der Waals surface area contributed by atoms with Gasteiger partial charge in [-0.05, 0) is 42.5 Å². The Morgan fingerprint density at radius 3 is 2.60 bits per heavy atom. The second-order valence-corrected chi connectivity index (χ2v) is 5.03. The zero-order valence-corrected chi connectivity index (χ0v) is 9.46. The van der Waals surface area contributed by atoms with E-state index in [4.69, 9.17) is 5.26 Å². The second-order valence-electron chi connectivity index (χ2n) is 5.03. The summed E-state index contributed by atoms with van der Waals surface area (Å²) in [6.45, 7) is 6.50. The largest absolute Gasteiger partial charge is 0.382 e. The summed E-state index contributed by atoms with van der Waals surface area (Å²) in [4.78, 5) is 0. The number of nitrogens with zero attached hydrogens (tertiary/aromatic N) is 1. The van der Waals surface area contributed by atoms with E-state index in [0.29, 0.717) is 11.5 Å². The van der Waals surface area contributed by atoms with Gasteiger partial charge in [0.25, 0.3) is 0 Å². The van der Waals surface area contributed by atoms with Crippen molar-refractivity contribution >= 4 is 5.69 Å². The average Bonchev–Trinajstić information content (AvgIpc) is 2.74. The molecule has 1 aromatic carbocycles. The molecule has 2 heteroatoms. The van der Waals surface area contributed by atoms with E-state index in [1.165, 1.54) is 6.42 Å². The lowest BCUT2D eigenvalue weighted by Crippen LogP contribution is -2.08. The van der Waals surface area contributed by atoms with Gasteiger partial charge in [0.05, 0.1) is 11.6 Å². The second kappa shape index (κ2) is 3.27. The topological polar surface area (TPSA) is 35.8 Å². The third-order valence-corrected chi connectivity index (χ3v) is 3.20. The summed E-state index contributed by atoms with van der Waals surface area (Å²) >= 11 is 0. The Hall–Kier alpha value is -1.49. The van der Waals surface area contributed by atoms with Gasteiger partial charge in [0.15, 0.2) is 0 Å². The number of rotatable bonds is 2. The Morgan fingerprint density at radius 2 is 2.13 bits per heavy atom. The lowest BCUT2D eigenvalue weighted by molar-refractivity contribution is 0.630. The van der Waals surface area contributed by atoms with E-state index in [-0.39, 0.29) is 0 Å².